The summed E-state index contributed by atoms with van der Waals surface area (Å²) in [6.45, 7) is 0. The van der Waals surface area contributed by atoms with Crippen molar-refractivity contribution < 1.29 is 28.9 Å². The average Bonchev–Trinajstić information content (AvgIpc) is 2.62. The summed E-state index contributed by atoms with van der Waals surface area (Å²) in [6.07, 6.45) is 1.87. The quantitative estimate of drug-likeness (QED) is 0.596. The van der Waals surface area contributed by atoms with Crippen molar-refractivity contribution in [1.29, 1.82) is 0 Å². The van der Waals surface area contributed by atoms with Gasteiger partial charge in [-0.3, -0.25) is 0 Å². The Morgan fingerprint density at radius 1 is 1.04 bits per heavy atom. The Hall–Kier alpha value is -2.67. The minimum absolute atomic E-state index is 0.0742. The molecule has 25 heavy (non-hydrogen) atoms. The molecule has 1 N–H and O–H groups in total. The van der Waals surface area contributed by atoms with Crippen molar-refractivity contribution in [3.63, 3.8) is 0 Å². The number of hydrogen-bond donors (Lipinski definition) is 1. The monoisotopic (exact) mass is 362 g/mol. The summed E-state index contributed by atoms with van der Waals surface area (Å²) >= 11 is 1.48. The molecule has 0 bridgehead atoms. The van der Waals surface area contributed by atoms with Crippen LogP contribution in [0.2, 0.25) is 0 Å². The van der Waals surface area contributed by atoms with Gasteiger partial charge in [-0.05, 0) is 42.7 Å². The standard InChI is InChI=1S/C18H18O6S/c1-22-14-6-4-11(5-7-14)18(21)24-16-13(10-25-3)8-12(17(19)20)9-15(16)23-2/h4-9H,10H2,1-3H3,(H,19,20). The van der Waals surface area contributed by atoms with E-state index in [4.69, 9.17) is 14.2 Å². The van der Waals surface area contributed by atoms with E-state index < -0.39 is 11.9 Å². The van der Waals surface area contributed by atoms with Gasteiger partial charge in [-0.15, -0.1) is 0 Å². The number of benzene rings is 2. The Bertz CT molecular complexity index is 770. The van der Waals surface area contributed by atoms with Crippen LogP contribution >= 0.6 is 11.8 Å². The van der Waals surface area contributed by atoms with E-state index in [1.807, 2.05) is 6.26 Å². The number of thioether (sulfide) groups is 1. The fourth-order valence-electron chi connectivity index (χ4n) is 2.19. The van der Waals surface area contributed by atoms with Gasteiger partial charge in [-0.25, -0.2) is 9.59 Å². The third-order valence-corrected chi connectivity index (χ3v) is 4.02. The van der Waals surface area contributed by atoms with E-state index >= 15 is 0 Å². The number of ether oxygens (including phenoxy) is 3. The molecule has 2 aromatic carbocycles. The van der Waals surface area contributed by atoms with Gasteiger partial charge >= 0.3 is 11.9 Å². The second-order valence-corrected chi connectivity index (χ2v) is 5.89. The molecule has 2 rings (SSSR count). The molecule has 0 amide bonds. The highest BCUT2D eigenvalue weighted by Crippen LogP contribution is 2.35. The first kappa shape index (κ1) is 18.7. The number of carboxylic acids is 1. The number of aromatic carboxylic acids is 1. The molecule has 132 valence electrons. The highest BCUT2D eigenvalue weighted by atomic mass is 32.2. The van der Waals surface area contributed by atoms with Gasteiger partial charge in [0.25, 0.3) is 0 Å². The van der Waals surface area contributed by atoms with Crippen LogP contribution in [0.4, 0.5) is 0 Å². The van der Waals surface area contributed by atoms with E-state index in [0.717, 1.165) is 0 Å². The zero-order chi connectivity index (χ0) is 18.4. The van der Waals surface area contributed by atoms with Crippen LogP contribution in [0.25, 0.3) is 0 Å². The van der Waals surface area contributed by atoms with Crippen molar-refractivity contribution in [2.45, 2.75) is 5.75 Å². The largest absolute Gasteiger partial charge is 0.497 e. The van der Waals surface area contributed by atoms with E-state index in [1.165, 1.54) is 38.1 Å². The first-order valence-electron chi connectivity index (χ1n) is 7.29. The molecule has 6 nitrogen and oxygen atoms in total. The lowest BCUT2D eigenvalue weighted by Gasteiger charge is -2.15. The Morgan fingerprint density at radius 2 is 1.72 bits per heavy atom. The SMILES string of the molecule is COc1ccc(C(=O)Oc2c(CSC)cc(C(=O)O)cc2OC)cc1. The topological polar surface area (TPSA) is 82.1 Å². The van der Waals surface area contributed by atoms with Crippen LogP contribution in [0, 0.1) is 0 Å². The van der Waals surface area contributed by atoms with Gasteiger partial charge in [0.15, 0.2) is 11.5 Å². The zero-order valence-corrected chi connectivity index (χ0v) is 14.9. The summed E-state index contributed by atoms with van der Waals surface area (Å²) < 4.78 is 15.8. The van der Waals surface area contributed by atoms with Crippen molar-refractivity contribution >= 4 is 23.7 Å². The number of carbonyl (C=O) groups is 2. The zero-order valence-electron chi connectivity index (χ0n) is 14.1. The minimum atomic E-state index is -1.08. The minimum Gasteiger partial charge on any atom is -0.497 e. The lowest BCUT2D eigenvalue weighted by atomic mass is 10.1. The summed E-state index contributed by atoms with van der Waals surface area (Å²) in [6, 6.07) is 9.32. The van der Waals surface area contributed by atoms with Crippen LogP contribution in [0.5, 0.6) is 17.2 Å². The number of carboxylic acid groups (broad SMARTS) is 1. The van der Waals surface area contributed by atoms with Crippen LogP contribution < -0.4 is 14.2 Å². The number of rotatable bonds is 7. The van der Waals surface area contributed by atoms with Gasteiger partial charge in [0.1, 0.15) is 5.75 Å². The number of methoxy groups -OCH3 is 2. The molecule has 2 aromatic rings. The van der Waals surface area contributed by atoms with Crippen molar-refractivity contribution in [3.8, 4) is 17.2 Å². The van der Waals surface area contributed by atoms with Crippen molar-refractivity contribution in [1.82, 2.24) is 0 Å². The summed E-state index contributed by atoms with van der Waals surface area (Å²) in [4.78, 5) is 23.7. The molecule has 0 atom stereocenters. The molecule has 0 unspecified atom stereocenters. The molecule has 0 aliphatic carbocycles. The second kappa shape index (κ2) is 8.43. The first-order chi connectivity index (χ1) is 12.0. The maximum Gasteiger partial charge on any atom is 0.343 e. The number of carbonyl (C=O) groups excluding carboxylic acids is 1. The van der Waals surface area contributed by atoms with Crippen LogP contribution in [-0.4, -0.2) is 37.5 Å². The summed E-state index contributed by atoms with van der Waals surface area (Å²) in [5.74, 6) is -0.112. The molecule has 0 spiro atoms. The fourth-order valence-corrected chi connectivity index (χ4v) is 2.72. The van der Waals surface area contributed by atoms with Gasteiger partial charge in [0.05, 0.1) is 25.3 Å². The van der Waals surface area contributed by atoms with Gasteiger partial charge in [-0.1, -0.05) is 0 Å². The van der Waals surface area contributed by atoms with E-state index in [2.05, 4.69) is 0 Å². The smallest absolute Gasteiger partial charge is 0.343 e. The molecule has 0 aliphatic heterocycles. The van der Waals surface area contributed by atoms with Gasteiger partial charge in [0.2, 0.25) is 0 Å². The molecule has 0 radical (unpaired) electrons. The van der Waals surface area contributed by atoms with Gasteiger partial charge < -0.3 is 19.3 Å². The highest BCUT2D eigenvalue weighted by molar-refractivity contribution is 7.97. The molecule has 0 fully saturated rings. The Morgan fingerprint density at radius 3 is 2.24 bits per heavy atom. The van der Waals surface area contributed by atoms with E-state index in [-0.39, 0.29) is 17.1 Å². The molecular weight excluding hydrogens is 344 g/mol. The molecule has 0 saturated carbocycles. The van der Waals surface area contributed by atoms with Crippen LogP contribution in [0.15, 0.2) is 36.4 Å². The third kappa shape index (κ3) is 4.45. The lowest BCUT2D eigenvalue weighted by molar-refractivity contribution is 0.0696. The maximum atomic E-state index is 12.4. The van der Waals surface area contributed by atoms with E-state index in [0.29, 0.717) is 22.6 Å². The normalized spacial score (nSPS) is 10.2. The predicted octanol–water partition coefficient (Wildman–Crippen LogP) is 3.48. The van der Waals surface area contributed by atoms with Crippen molar-refractivity contribution in [2.75, 3.05) is 20.5 Å². The van der Waals surface area contributed by atoms with E-state index in [1.54, 1.807) is 24.3 Å². The molecule has 0 aliphatic rings. The Labute approximate surface area is 149 Å². The maximum absolute atomic E-state index is 12.4. The predicted molar refractivity (Wildman–Crippen MR) is 95.1 cm³/mol. The first-order valence-corrected chi connectivity index (χ1v) is 8.69. The summed E-state index contributed by atoms with van der Waals surface area (Å²) in [5.41, 5.74) is 0.997. The molecule has 0 aromatic heterocycles. The summed E-state index contributed by atoms with van der Waals surface area (Å²) in [5, 5.41) is 9.22. The Balaban J connectivity index is 2.38. The van der Waals surface area contributed by atoms with Crippen LogP contribution in [0.1, 0.15) is 26.3 Å². The molecule has 0 saturated heterocycles. The lowest BCUT2D eigenvalue weighted by Crippen LogP contribution is -2.11. The van der Waals surface area contributed by atoms with Crippen molar-refractivity contribution in [3.05, 3.63) is 53.1 Å². The Kier molecular flexibility index (Phi) is 6.30. The molecule has 0 heterocycles. The fraction of sp³-hybridized carbons (Fsp3) is 0.222. The van der Waals surface area contributed by atoms with Crippen LogP contribution in [-0.2, 0) is 5.75 Å². The van der Waals surface area contributed by atoms with Gasteiger partial charge in [-0.2, -0.15) is 11.8 Å². The number of esters is 1. The average molecular weight is 362 g/mol. The third-order valence-electron chi connectivity index (χ3n) is 3.42. The number of hydrogen-bond acceptors (Lipinski definition) is 6. The molecule has 7 heteroatoms. The van der Waals surface area contributed by atoms with Gasteiger partial charge in [0, 0.05) is 11.3 Å². The van der Waals surface area contributed by atoms with Crippen LogP contribution in [0.3, 0.4) is 0 Å². The highest BCUT2D eigenvalue weighted by Gasteiger charge is 2.20. The summed E-state index contributed by atoms with van der Waals surface area (Å²) in [7, 11) is 2.94. The molecular formula is C18H18O6S. The van der Waals surface area contributed by atoms with E-state index in [9.17, 15) is 14.7 Å². The van der Waals surface area contributed by atoms with Crippen molar-refractivity contribution in [2.24, 2.45) is 0 Å². The second-order valence-electron chi connectivity index (χ2n) is 5.02.